The zero-order chi connectivity index (χ0) is 15.1. The Hall–Kier alpha value is 0.360. The van der Waals surface area contributed by atoms with Crippen molar-refractivity contribution < 1.29 is 44.2 Å². The number of carboxylic acids is 1. The second-order valence-corrected chi connectivity index (χ2v) is 5.73. The van der Waals surface area contributed by atoms with Crippen molar-refractivity contribution >= 4 is 23.2 Å². The Kier molecular flexibility index (Phi) is 20.7. The van der Waals surface area contributed by atoms with Crippen LogP contribution in [-0.4, -0.2) is 17.6 Å². The first-order valence-corrected chi connectivity index (χ1v) is 8.43. The summed E-state index contributed by atoms with van der Waals surface area (Å²) < 4.78 is 5.30. The van der Waals surface area contributed by atoms with Crippen LogP contribution in [0.15, 0.2) is 0 Å². The van der Waals surface area contributed by atoms with Crippen molar-refractivity contribution in [1.29, 1.82) is 0 Å². The van der Waals surface area contributed by atoms with Gasteiger partial charge < -0.3 is 14.6 Å². The molecule has 0 rings (SSSR count). The van der Waals surface area contributed by atoms with Crippen LogP contribution in [0, 0.1) is 0 Å². The van der Waals surface area contributed by atoms with E-state index in [9.17, 15) is 9.90 Å². The molecule has 0 heterocycles. The zero-order valence-electron chi connectivity index (χ0n) is 13.8. The van der Waals surface area contributed by atoms with Crippen molar-refractivity contribution in [3.63, 3.8) is 0 Å². The van der Waals surface area contributed by atoms with E-state index in [1.54, 1.807) is 0 Å². The molecule has 5 heteroatoms. The number of hydrogen-bond donors (Lipinski definition) is 0. The van der Waals surface area contributed by atoms with E-state index in [1.165, 1.54) is 51.4 Å². The number of carbonyl (C=O) groups excluding carboxylic acids is 1. The van der Waals surface area contributed by atoms with Gasteiger partial charge in [0, 0.05) is 12.4 Å². The summed E-state index contributed by atoms with van der Waals surface area (Å²) in [5.74, 6) is -1.07. The average molecular weight is 324 g/mol. The number of ether oxygens (including phenoxy) is 1. The van der Waals surface area contributed by atoms with Gasteiger partial charge in [0.25, 0.3) is 0 Å². The molecule has 0 aromatic carbocycles. The Balaban J connectivity index is 0. The summed E-state index contributed by atoms with van der Waals surface area (Å²) in [5.41, 5.74) is 0. The molecule has 0 bridgehead atoms. The van der Waals surface area contributed by atoms with E-state index in [1.807, 2.05) is 0 Å². The van der Waals surface area contributed by atoms with Crippen molar-refractivity contribution in [2.75, 3.05) is 6.61 Å². The van der Waals surface area contributed by atoms with Crippen LogP contribution in [0.3, 0.4) is 0 Å². The van der Waals surface area contributed by atoms with Gasteiger partial charge in [-0.25, -0.2) is 0 Å². The maximum atomic E-state index is 10.2. The molecule has 0 radical (unpaired) electrons. The minimum Gasteiger partial charge on any atom is -0.550 e. The number of unbranched alkanes of at least 4 members (excludes halogenated alkanes) is 9. The van der Waals surface area contributed by atoms with Crippen LogP contribution >= 0.6 is 12.2 Å². The summed E-state index contributed by atoms with van der Waals surface area (Å²) in [6, 6.07) is 0. The Morgan fingerprint density at radius 3 is 1.86 bits per heavy atom. The van der Waals surface area contributed by atoms with E-state index in [4.69, 9.17) is 17.0 Å². The molecule has 0 aliphatic rings. The summed E-state index contributed by atoms with van der Waals surface area (Å²) in [6.07, 6.45) is 13.1. The summed E-state index contributed by atoms with van der Waals surface area (Å²) in [5, 5.41) is 10.6. The molecular weight excluding hydrogens is 295 g/mol. The Bertz CT molecular complexity index is 260. The normalized spacial score (nSPS) is 9.95. The molecule has 0 saturated heterocycles. The fourth-order valence-corrected chi connectivity index (χ4v) is 2.24. The molecule has 0 aromatic heterocycles. The van der Waals surface area contributed by atoms with Crippen LogP contribution in [0.25, 0.3) is 0 Å². The predicted molar refractivity (Wildman–Crippen MR) is 84.6 cm³/mol. The topological polar surface area (TPSA) is 49.4 Å². The maximum Gasteiger partial charge on any atom is 1.00 e. The number of rotatable bonds is 14. The third-order valence-electron chi connectivity index (χ3n) is 3.29. The van der Waals surface area contributed by atoms with Gasteiger partial charge in [-0.05, 0) is 25.1 Å². The smallest absolute Gasteiger partial charge is 0.550 e. The number of carboxylic acid groups (broad SMARTS) is 1. The fraction of sp³-hybridized carbons (Fsp3) is 0.875. The fourth-order valence-electron chi connectivity index (χ4n) is 2.05. The summed E-state index contributed by atoms with van der Waals surface area (Å²) >= 11 is 4.93. The van der Waals surface area contributed by atoms with Gasteiger partial charge in [0.1, 0.15) is 0 Å². The van der Waals surface area contributed by atoms with Crippen LogP contribution in [0.4, 0.5) is 0 Å². The number of carbonyl (C=O) groups is 1. The van der Waals surface area contributed by atoms with Crippen LogP contribution in [0.1, 0.15) is 84.0 Å². The Labute approximate surface area is 157 Å². The van der Waals surface area contributed by atoms with Crippen molar-refractivity contribution in [2.45, 2.75) is 84.0 Å². The Morgan fingerprint density at radius 1 is 0.905 bits per heavy atom. The summed E-state index contributed by atoms with van der Waals surface area (Å²) in [4.78, 5) is 10.2. The number of thiocarbonyl (C=S) groups is 1. The van der Waals surface area contributed by atoms with Crippen molar-refractivity contribution in [2.24, 2.45) is 0 Å². The second-order valence-electron chi connectivity index (χ2n) is 5.27. The molecule has 0 amide bonds. The van der Waals surface area contributed by atoms with E-state index in [-0.39, 0.29) is 42.4 Å². The maximum absolute atomic E-state index is 10.2. The molecule has 0 aromatic rings. The molecule has 0 spiro atoms. The van der Waals surface area contributed by atoms with E-state index >= 15 is 0 Å². The molecule has 3 nitrogen and oxygen atoms in total. The van der Waals surface area contributed by atoms with Gasteiger partial charge in [-0.2, -0.15) is 0 Å². The third-order valence-corrected chi connectivity index (χ3v) is 3.62. The van der Waals surface area contributed by atoms with Gasteiger partial charge in [0.15, 0.2) is 5.05 Å². The molecule has 0 atom stereocenters. The first kappa shape index (κ1) is 23.6. The van der Waals surface area contributed by atoms with Gasteiger partial charge in [0.2, 0.25) is 0 Å². The monoisotopic (exact) mass is 324 g/mol. The van der Waals surface area contributed by atoms with E-state index in [0.717, 1.165) is 12.8 Å². The van der Waals surface area contributed by atoms with Gasteiger partial charge in [-0.15, -0.1) is 0 Å². The van der Waals surface area contributed by atoms with Gasteiger partial charge in [0.05, 0.1) is 6.61 Å². The van der Waals surface area contributed by atoms with Crippen LogP contribution in [-0.2, 0) is 9.53 Å². The van der Waals surface area contributed by atoms with Crippen molar-refractivity contribution in [3.05, 3.63) is 0 Å². The third kappa shape index (κ3) is 20.4. The standard InChI is InChI=1S/C16H30O3S.Na/c1-2-3-4-5-6-7-8-9-10-11-14-19-16(20)13-12-15(17)18;/h2-14H2,1H3,(H,17,18);/q;+1/p-1. The quantitative estimate of drug-likeness (QED) is 0.269. The van der Waals surface area contributed by atoms with E-state index in [2.05, 4.69) is 6.92 Å². The van der Waals surface area contributed by atoms with Gasteiger partial charge >= 0.3 is 29.6 Å². The Morgan fingerprint density at radius 2 is 1.38 bits per heavy atom. The summed E-state index contributed by atoms with van der Waals surface area (Å²) in [7, 11) is 0. The molecular formula is C16H29NaO3S. The second kappa shape index (κ2) is 18.4. The molecule has 21 heavy (non-hydrogen) atoms. The SMILES string of the molecule is CCCCCCCCCCCCOC(=S)CCC(=O)[O-].[Na+]. The number of aliphatic carboxylic acids is 1. The van der Waals surface area contributed by atoms with Gasteiger partial charge in [-0.3, -0.25) is 0 Å². The summed E-state index contributed by atoms with van der Waals surface area (Å²) in [6.45, 7) is 2.86. The molecule has 0 N–H and O–H groups in total. The largest absolute Gasteiger partial charge is 1.00 e. The van der Waals surface area contributed by atoms with Crippen molar-refractivity contribution in [1.82, 2.24) is 0 Å². The minimum atomic E-state index is -1.07. The zero-order valence-corrected chi connectivity index (χ0v) is 16.6. The van der Waals surface area contributed by atoms with Crippen LogP contribution in [0.5, 0.6) is 0 Å². The molecule has 0 aliphatic carbocycles. The molecule has 0 aliphatic heterocycles. The molecule has 0 unspecified atom stereocenters. The van der Waals surface area contributed by atoms with E-state index < -0.39 is 5.97 Å². The average Bonchev–Trinajstić information content (AvgIpc) is 2.42. The first-order chi connectivity index (χ1) is 9.66. The van der Waals surface area contributed by atoms with Crippen LogP contribution in [0.2, 0.25) is 0 Å². The molecule has 0 fully saturated rings. The van der Waals surface area contributed by atoms with Crippen molar-refractivity contribution in [3.8, 4) is 0 Å². The molecule has 118 valence electrons. The number of hydrogen-bond acceptors (Lipinski definition) is 4. The predicted octanol–water partition coefficient (Wildman–Crippen LogP) is 0.785. The minimum absolute atomic E-state index is 0. The van der Waals surface area contributed by atoms with Gasteiger partial charge in [-0.1, -0.05) is 64.7 Å². The van der Waals surface area contributed by atoms with Crippen LogP contribution < -0.4 is 34.7 Å². The van der Waals surface area contributed by atoms with E-state index in [0.29, 0.717) is 11.7 Å². The molecule has 0 saturated carbocycles. The first-order valence-electron chi connectivity index (χ1n) is 8.02.